The van der Waals surface area contributed by atoms with Crippen LogP contribution in [0.5, 0.6) is 0 Å². The molecule has 1 aliphatic rings. The lowest BCUT2D eigenvalue weighted by molar-refractivity contribution is -0.133. The molecule has 1 aromatic carbocycles. The number of fused-ring (bicyclic) bond motifs is 1. The molecule has 1 atom stereocenters. The van der Waals surface area contributed by atoms with Gasteiger partial charge < -0.3 is 5.11 Å². The molecule has 0 aromatic heterocycles. The molecule has 0 fully saturated rings. The zero-order chi connectivity index (χ0) is 12.6. The number of hydrogen-bond donors (Lipinski definition) is 1. The molecule has 17 heavy (non-hydrogen) atoms. The first-order chi connectivity index (χ1) is 8.00. The number of rotatable bonds is 1. The van der Waals surface area contributed by atoms with E-state index in [9.17, 15) is 9.18 Å². The molecule has 2 rings (SSSR count). The number of carbonyl (C=O) groups is 1. The average Bonchev–Trinajstić information content (AvgIpc) is 2.44. The van der Waals surface area contributed by atoms with E-state index in [1.54, 1.807) is 6.07 Å². The van der Waals surface area contributed by atoms with Crippen molar-refractivity contribution >= 4 is 23.6 Å². The maximum Gasteiger partial charge on any atom is 0.331 e. The lowest BCUT2D eigenvalue weighted by atomic mass is 9.97. The maximum absolute atomic E-state index is 13.4. The van der Waals surface area contributed by atoms with Gasteiger partial charge in [0.15, 0.2) is 0 Å². The van der Waals surface area contributed by atoms with Gasteiger partial charge in [-0.05, 0) is 42.0 Å². The molecule has 0 spiro atoms. The van der Waals surface area contributed by atoms with Crippen molar-refractivity contribution in [3.05, 3.63) is 39.7 Å². The summed E-state index contributed by atoms with van der Waals surface area (Å²) >= 11 is 5.89. The van der Waals surface area contributed by atoms with Crippen molar-refractivity contribution in [2.75, 3.05) is 0 Å². The highest BCUT2D eigenvalue weighted by Crippen LogP contribution is 2.32. The van der Waals surface area contributed by atoms with Gasteiger partial charge in [0.25, 0.3) is 0 Å². The van der Waals surface area contributed by atoms with E-state index < -0.39 is 11.8 Å². The summed E-state index contributed by atoms with van der Waals surface area (Å²) in [5, 5.41) is 9.12. The molecule has 0 heterocycles. The molecule has 0 bridgehead atoms. The Morgan fingerprint density at radius 2 is 2.24 bits per heavy atom. The van der Waals surface area contributed by atoms with E-state index in [1.807, 2.05) is 6.92 Å². The van der Waals surface area contributed by atoms with Crippen LogP contribution in [0, 0.1) is 11.7 Å². The smallest absolute Gasteiger partial charge is 0.331 e. The summed E-state index contributed by atoms with van der Waals surface area (Å²) in [4.78, 5) is 11.1. The maximum atomic E-state index is 13.4. The Bertz CT molecular complexity index is 508. The van der Waals surface area contributed by atoms with E-state index >= 15 is 0 Å². The summed E-state index contributed by atoms with van der Waals surface area (Å²) in [6.07, 6.45) is 2.94. The third-order valence-corrected chi connectivity index (χ3v) is 3.53. The molecule has 0 radical (unpaired) electrons. The predicted molar refractivity (Wildman–Crippen MR) is 64.5 cm³/mol. The lowest BCUT2D eigenvalue weighted by Crippen LogP contribution is -2.08. The molecule has 90 valence electrons. The predicted octanol–water partition coefficient (Wildman–Crippen LogP) is 3.53. The van der Waals surface area contributed by atoms with Crippen molar-refractivity contribution in [1.29, 1.82) is 0 Å². The fraction of sp³-hybridized carbons (Fsp3) is 0.308. The van der Waals surface area contributed by atoms with Crippen molar-refractivity contribution in [3.8, 4) is 0 Å². The van der Waals surface area contributed by atoms with Crippen LogP contribution in [0.1, 0.15) is 24.5 Å². The number of carboxylic acids is 1. The minimum Gasteiger partial charge on any atom is -0.478 e. The van der Waals surface area contributed by atoms with Gasteiger partial charge in [-0.3, -0.25) is 0 Å². The van der Waals surface area contributed by atoms with Crippen molar-refractivity contribution in [2.24, 2.45) is 5.92 Å². The standard InChI is InChI=1S/C13H12ClFO2/c1-7-2-3-8-4-5-11(15)12(14)10(8)6-9(7)13(16)17/h4-7H,2-3H2,1H3,(H,16,17). The monoisotopic (exact) mass is 254 g/mol. The van der Waals surface area contributed by atoms with Crippen LogP contribution in [0.15, 0.2) is 17.7 Å². The third kappa shape index (κ3) is 2.20. The van der Waals surface area contributed by atoms with Gasteiger partial charge in [0.05, 0.1) is 5.02 Å². The summed E-state index contributed by atoms with van der Waals surface area (Å²) < 4.78 is 13.4. The second kappa shape index (κ2) is 4.49. The van der Waals surface area contributed by atoms with Gasteiger partial charge in [0, 0.05) is 5.57 Å². The van der Waals surface area contributed by atoms with E-state index in [-0.39, 0.29) is 16.5 Å². The second-order valence-corrected chi connectivity index (χ2v) is 4.66. The Hall–Kier alpha value is -1.35. The van der Waals surface area contributed by atoms with Crippen molar-refractivity contribution < 1.29 is 14.3 Å². The molecule has 2 nitrogen and oxygen atoms in total. The first-order valence-electron chi connectivity index (χ1n) is 5.42. The zero-order valence-corrected chi connectivity index (χ0v) is 10.1. The zero-order valence-electron chi connectivity index (χ0n) is 9.34. The molecule has 1 unspecified atom stereocenters. The molecule has 0 aliphatic heterocycles. The normalized spacial score (nSPS) is 19.2. The summed E-state index contributed by atoms with van der Waals surface area (Å²) in [5.74, 6) is -1.54. The molecule has 1 aromatic rings. The third-order valence-electron chi connectivity index (χ3n) is 3.15. The summed E-state index contributed by atoms with van der Waals surface area (Å²) in [7, 11) is 0. The topological polar surface area (TPSA) is 37.3 Å². The van der Waals surface area contributed by atoms with Crippen molar-refractivity contribution in [1.82, 2.24) is 0 Å². The molecular formula is C13H12ClFO2. The van der Waals surface area contributed by atoms with Crippen LogP contribution in [0.2, 0.25) is 5.02 Å². The minimum atomic E-state index is -0.967. The van der Waals surface area contributed by atoms with Gasteiger partial charge >= 0.3 is 5.97 Å². The van der Waals surface area contributed by atoms with Crippen LogP contribution in [-0.4, -0.2) is 11.1 Å². The molecule has 4 heteroatoms. The Labute approximate surface area is 104 Å². The molecule has 0 amide bonds. The van der Waals surface area contributed by atoms with Crippen LogP contribution in [0.4, 0.5) is 4.39 Å². The highest BCUT2D eigenvalue weighted by molar-refractivity contribution is 6.32. The van der Waals surface area contributed by atoms with Crippen LogP contribution < -0.4 is 0 Å². The van der Waals surface area contributed by atoms with Crippen LogP contribution >= 0.6 is 11.6 Å². The van der Waals surface area contributed by atoms with Gasteiger partial charge in [-0.15, -0.1) is 0 Å². The second-order valence-electron chi connectivity index (χ2n) is 4.28. The van der Waals surface area contributed by atoms with E-state index in [2.05, 4.69) is 0 Å². The first-order valence-corrected chi connectivity index (χ1v) is 5.80. The number of aliphatic carboxylic acids is 1. The van der Waals surface area contributed by atoms with Crippen LogP contribution in [0.3, 0.4) is 0 Å². The fourth-order valence-corrected chi connectivity index (χ4v) is 2.32. The molecule has 1 aliphatic carbocycles. The Morgan fingerprint density at radius 3 is 2.88 bits per heavy atom. The Kier molecular flexibility index (Phi) is 3.20. The highest BCUT2D eigenvalue weighted by atomic mass is 35.5. The van der Waals surface area contributed by atoms with Gasteiger partial charge in [0.2, 0.25) is 0 Å². The van der Waals surface area contributed by atoms with Crippen LogP contribution in [0.25, 0.3) is 6.08 Å². The van der Waals surface area contributed by atoms with E-state index in [0.29, 0.717) is 12.0 Å². The molecule has 0 saturated carbocycles. The van der Waals surface area contributed by atoms with Gasteiger partial charge in [0.1, 0.15) is 5.82 Å². The van der Waals surface area contributed by atoms with Gasteiger partial charge in [-0.2, -0.15) is 0 Å². The van der Waals surface area contributed by atoms with Gasteiger partial charge in [-0.25, -0.2) is 9.18 Å². The molecular weight excluding hydrogens is 243 g/mol. The summed E-state index contributed by atoms with van der Waals surface area (Å²) in [6.45, 7) is 1.86. The van der Waals surface area contributed by atoms with E-state index in [1.165, 1.54) is 12.1 Å². The summed E-state index contributed by atoms with van der Waals surface area (Å²) in [5.41, 5.74) is 1.70. The largest absolute Gasteiger partial charge is 0.478 e. The van der Waals surface area contributed by atoms with Crippen molar-refractivity contribution in [2.45, 2.75) is 19.8 Å². The minimum absolute atomic E-state index is 0.00958. The van der Waals surface area contributed by atoms with Crippen LogP contribution in [-0.2, 0) is 11.2 Å². The Morgan fingerprint density at radius 1 is 1.53 bits per heavy atom. The number of halogens is 2. The van der Waals surface area contributed by atoms with E-state index in [0.717, 1.165) is 12.0 Å². The lowest BCUT2D eigenvalue weighted by Gasteiger charge is -2.08. The average molecular weight is 255 g/mol. The SMILES string of the molecule is CC1CCc2ccc(F)c(Cl)c2C=C1C(=O)O. The molecule has 1 N–H and O–H groups in total. The number of benzene rings is 1. The highest BCUT2D eigenvalue weighted by Gasteiger charge is 2.22. The summed E-state index contributed by atoms with van der Waals surface area (Å²) in [6, 6.07) is 3.00. The Balaban J connectivity index is 2.62. The first kappa shape index (κ1) is 12.1. The number of carboxylic acid groups (broad SMARTS) is 1. The quantitative estimate of drug-likeness (QED) is 0.832. The fourth-order valence-electron chi connectivity index (χ4n) is 2.08. The van der Waals surface area contributed by atoms with Crippen molar-refractivity contribution in [3.63, 3.8) is 0 Å². The number of aryl methyl sites for hydroxylation is 1. The van der Waals surface area contributed by atoms with Gasteiger partial charge in [-0.1, -0.05) is 24.6 Å². The van der Waals surface area contributed by atoms with E-state index in [4.69, 9.17) is 16.7 Å². The number of hydrogen-bond acceptors (Lipinski definition) is 1. The molecule has 0 saturated heterocycles.